The fraction of sp³-hybridized carbons (Fsp3) is 0.364. The van der Waals surface area contributed by atoms with Crippen LogP contribution in [0.15, 0.2) is 12.1 Å². The van der Waals surface area contributed by atoms with Gasteiger partial charge in [0.1, 0.15) is 0 Å². The Bertz CT molecular complexity index is 404. The van der Waals surface area contributed by atoms with Crippen LogP contribution in [0.3, 0.4) is 0 Å². The predicted molar refractivity (Wildman–Crippen MR) is 65.9 cm³/mol. The summed E-state index contributed by atoms with van der Waals surface area (Å²) in [6.45, 7) is 1.86. The van der Waals surface area contributed by atoms with E-state index in [0.29, 0.717) is 5.56 Å². The minimum atomic E-state index is -0.263. The summed E-state index contributed by atoms with van der Waals surface area (Å²) in [7, 11) is 1.41. The van der Waals surface area contributed by atoms with Crippen LogP contribution in [0.2, 0.25) is 0 Å². The molecule has 0 saturated carbocycles. The molecule has 1 heterocycles. The molecule has 0 saturated heterocycles. The van der Waals surface area contributed by atoms with E-state index in [4.69, 9.17) is 4.74 Å². The number of esters is 1. The van der Waals surface area contributed by atoms with Crippen molar-refractivity contribution >= 4 is 28.6 Å². The van der Waals surface area contributed by atoms with Crippen LogP contribution in [-0.2, 0) is 17.7 Å². The minimum Gasteiger partial charge on any atom is -0.465 e. The Morgan fingerprint density at radius 1 is 1.53 bits per heavy atom. The molecule has 0 aliphatic carbocycles. The third kappa shape index (κ3) is 2.15. The van der Waals surface area contributed by atoms with Crippen molar-refractivity contribution < 1.29 is 9.53 Å². The standard InChI is InChI=1S/C11H12INO2/c1-15-11(14)7-4-8-6-13-3-2-9(8)10(12)5-7/h4-5,13H,2-3,6H2,1H3. The number of methoxy groups -OCH3 is 1. The molecule has 1 aliphatic rings. The van der Waals surface area contributed by atoms with E-state index in [0.717, 1.165) is 23.1 Å². The maximum absolute atomic E-state index is 11.4. The molecule has 1 aromatic rings. The number of hydrogen-bond acceptors (Lipinski definition) is 3. The lowest BCUT2D eigenvalue weighted by atomic mass is 9.98. The van der Waals surface area contributed by atoms with Gasteiger partial charge in [-0.1, -0.05) is 0 Å². The molecule has 0 radical (unpaired) electrons. The average molecular weight is 317 g/mol. The molecule has 1 aromatic carbocycles. The quantitative estimate of drug-likeness (QED) is 0.633. The third-order valence-electron chi connectivity index (χ3n) is 2.58. The Hall–Kier alpha value is -0.620. The summed E-state index contributed by atoms with van der Waals surface area (Å²) < 4.78 is 5.88. The van der Waals surface area contributed by atoms with E-state index in [2.05, 4.69) is 27.9 Å². The van der Waals surface area contributed by atoms with Crippen LogP contribution in [0.5, 0.6) is 0 Å². The lowest BCUT2D eigenvalue weighted by Crippen LogP contribution is -2.25. The predicted octanol–water partition coefficient (Wildman–Crippen LogP) is 1.72. The van der Waals surface area contributed by atoms with Gasteiger partial charge in [0.05, 0.1) is 12.7 Å². The number of rotatable bonds is 1. The van der Waals surface area contributed by atoms with Crippen LogP contribution in [0.25, 0.3) is 0 Å². The van der Waals surface area contributed by atoms with Crippen molar-refractivity contribution in [2.24, 2.45) is 0 Å². The molecule has 0 fully saturated rings. The zero-order valence-electron chi connectivity index (χ0n) is 8.47. The summed E-state index contributed by atoms with van der Waals surface area (Å²) in [5, 5.41) is 3.30. The lowest BCUT2D eigenvalue weighted by Gasteiger charge is -2.19. The number of halogens is 1. The molecule has 0 atom stereocenters. The molecule has 4 heteroatoms. The molecule has 0 unspecified atom stereocenters. The van der Waals surface area contributed by atoms with Crippen LogP contribution in [0.1, 0.15) is 21.5 Å². The van der Waals surface area contributed by atoms with Gasteiger partial charge in [-0.2, -0.15) is 0 Å². The molecule has 0 bridgehead atoms. The molecule has 80 valence electrons. The summed E-state index contributed by atoms with van der Waals surface area (Å²) in [5.74, 6) is -0.263. The number of fused-ring (bicyclic) bond motifs is 1. The smallest absolute Gasteiger partial charge is 0.337 e. The number of carbonyl (C=O) groups is 1. The normalized spacial score (nSPS) is 14.5. The number of hydrogen-bond donors (Lipinski definition) is 1. The first-order valence-electron chi connectivity index (χ1n) is 4.82. The highest BCUT2D eigenvalue weighted by molar-refractivity contribution is 14.1. The highest BCUT2D eigenvalue weighted by Crippen LogP contribution is 2.23. The van der Waals surface area contributed by atoms with Crippen LogP contribution >= 0.6 is 22.6 Å². The minimum absolute atomic E-state index is 0.263. The van der Waals surface area contributed by atoms with E-state index in [1.165, 1.54) is 18.2 Å². The topological polar surface area (TPSA) is 38.3 Å². The van der Waals surface area contributed by atoms with E-state index in [1.807, 2.05) is 12.1 Å². The first-order chi connectivity index (χ1) is 7.22. The maximum Gasteiger partial charge on any atom is 0.337 e. The third-order valence-corrected chi connectivity index (χ3v) is 3.54. The molecule has 2 rings (SSSR count). The van der Waals surface area contributed by atoms with Crippen molar-refractivity contribution in [1.29, 1.82) is 0 Å². The molecule has 3 nitrogen and oxygen atoms in total. The molecule has 0 spiro atoms. The van der Waals surface area contributed by atoms with Crippen LogP contribution in [-0.4, -0.2) is 19.6 Å². The second-order valence-electron chi connectivity index (χ2n) is 3.51. The van der Waals surface area contributed by atoms with Gasteiger partial charge in [0.25, 0.3) is 0 Å². The van der Waals surface area contributed by atoms with Gasteiger partial charge in [-0.15, -0.1) is 0 Å². The second-order valence-corrected chi connectivity index (χ2v) is 4.68. The summed E-state index contributed by atoms with van der Waals surface area (Å²) in [5.41, 5.74) is 3.22. The number of nitrogens with one attached hydrogen (secondary N) is 1. The molecular weight excluding hydrogens is 305 g/mol. The number of benzene rings is 1. The van der Waals surface area contributed by atoms with Gasteiger partial charge in [-0.3, -0.25) is 0 Å². The van der Waals surface area contributed by atoms with Gasteiger partial charge in [0, 0.05) is 10.1 Å². The largest absolute Gasteiger partial charge is 0.465 e. The Labute approximate surface area is 102 Å². The van der Waals surface area contributed by atoms with E-state index >= 15 is 0 Å². The first-order valence-corrected chi connectivity index (χ1v) is 5.90. The second kappa shape index (κ2) is 4.49. The molecule has 1 aliphatic heterocycles. The summed E-state index contributed by atoms with van der Waals surface area (Å²) >= 11 is 2.28. The van der Waals surface area contributed by atoms with E-state index in [1.54, 1.807) is 0 Å². The van der Waals surface area contributed by atoms with Gasteiger partial charge >= 0.3 is 5.97 Å². The van der Waals surface area contributed by atoms with Crippen molar-refractivity contribution in [2.75, 3.05) is 13.7 Å². The Morgan fingerprint density at radius 3 is 3.07 bits per heavy atom. The average Bonchev–Trinajstić information content (AvgIpc) is 2.28. The van der Waals surface area contributed by atoms with Gasteiger partial charge in [-0.05, 0) is 58.8 Å². The Kier molecular flexibility index (Phi) is 3.25. The van der Waals surface area contributed by atoms with Crippen LogP contribution in [0.4, 0.5) is 0 Å². The Balaban J connectivity index is 2.45. The molecule has 1 N–H and O–H groups in total. The zero-order chi connectivity index (χ0) is 10.8. The van der Waals surface area contributed by atoms with E-state index in [-0.39, 0.29) is 5.97 Å². The summed E-state index contributed by atoms with van der Waals surface area (Å²) in [4.78, 5) is 11.4. The number of ether oxygens (including phenoxy) is 1. The lowest BCUT2D eigenvalue weighted by molar-refractivity contribution is 0.0600. The Morgan fingerprint density at radius 2 is 2.33 bits per heavy atom. The maximum atomic E-state index is 11.4. The van der Waals surface area contributed by atoms with Crippen molar-refractivity contribution in [3.05, 3.63) is 32.4 Å². The van der Waals surface area contributed by atoms with Crippen molar-refractivity contribution in [3.8, 4) is 0 Å². The van der Waals surface area contributed by atoms with Crippen LogP contribution < -0.4 is 5.32 Å². The van der Waals surface area contributed by atoms with Gasteiger partial charge < -0.3 is 10.1 Å². The fourth-order valence-electron chi connectivity index (χ4n) is 1.80. The van der Waals surface area contributed by atoms with Gasteiger partial charge in [-0.25, -0.2) is 4.79 Å². The van der Waals surface area contributed by atoms with Crippen molar-refractivity contribution in [2.45, 2.75) is 13.0 Å². The van der Waals surface area contributed by atoms with E-state index in [9.17, 15) is 4.79 Å². The fourth-order valence-corrected chi connectivity index (χ4v) is 2.75. The first kappa shape index (κ1) is 10.9. The summed E-state index contributed by atoms with van der Waals surface area (Å²) in [6, 6.07) is 3.83. The highest BCUT2D eigenvalue weighted by Gasteiger charge is 2.15. The number of carbonyl (C=O) groups excluding carboxylic acids is 1. The molecule has 0 amide bonds. The van der Waals surface area contributed by atoms with E-state index < -0.39 is 0 Å². The van der Waals surface area contributed by atoms with Gasteiger partial charge in [0.15, 0.2) is 0 Å². The molecular formula is C11H12INO2. The summed E-state index contributed by atoms with van der Waals surface area (Å²) in [6.07, 6.45) is 1.04. The van der Waals surface area contributed by atoms with Crippen molar-refractivity contribution in [3.63, 3.8) is 0 Å². The molecule has 0 aromatic heterocycles. The SMILES string of the molecule is COC(=O)c1cc(I)c2c(c1)CNCC2. The van der Waals surface area contributed by atoms with Crippen molar-refractivity contribution in [1.82, 2.24) is 5.32 Å². The molecule has 15 heavy (non-hydrogen) atoms. The van der Waals surface area contributed by atoms with Gasteiger partial charge in [0.2, 0.25) is 0 Å². The zero-order valence-corrected chi connectivity index (χ0v) is 10.6. The van der Waals surface area contributed by atoms with Crippen LogP contribution in [0, 0.1) is 3.57 Å². The monoisotopic (exact) mass is 317 g/mol. The highest BCUT2D eigenvalue weighted by atomic mass is 127.